The van der Waals surface area contributed by atoms with Gasteiger partial charge in [-0.3, -0.25) is 0 Å². The SMILES string of the molecule is Fc1cc(OC(F)(F)c2c(F)cc(C3OCC(C4CCC(S)CC4)CO3)cc2F)cc(F)c1F. The quantitative estimate of drug-likeness (QED) is 0.277. The Morgan fingerprint density at radius 3 is 1.82 bits per heavy atom. The zero-order valence-corrected chi connectivity index (χ0v) is 18.6. The number of alkyl halides is 2. The summed E-state index contributed by atoms with van der Waals surface area (Å²) in [7, 11) is 0. The van der Waals surface area contributed by atoms with Crippen molar-refractivity contribution in [2.75, 3.05) is 13.2 Å². The second kappa shape index (κ2) is 9.94. The molecule has 3 nitrogen and oxygen atoms in total. The fourth-order valence-corrected chi connectivity index (χ4v) is 4.65. The monoisotopic (exact) mass is 510 g/mol. The first-order valence-corrected chi connectivity index (χ1v) is 11.2. The van der Waals surface area contributed by atoms with Crippen LogP contribution in [0.1, 0.15) is 43.1 Å². The van der Waals surface area contributed by atoms with Gasteiger partial charge in [0.25, 0.3) is 0 Å². The van der Waals surface area contributed by atoms with Gasteiger partial charge in [-0.15, -0.1) is 0 Å². The van der Waals surface area contributed by atoms with Gasteiger partial charge in [-0.25, -0.2) is 22.0 Å². The maximum Gasteiger partial charge on any atom is 0.432 e. The van der Waals surface area contributed by atoms with Gasteiger partial charge in [0.2, 0.25) is 0 Å². The Balaban J connectivity index is 1.47. The minimum atomic E-state index is -4.66. The average molecular weight is 510 g/mol. The number of ether oxygens (including phenoxy) is 3. The highest BCUT2D eigenvalue weighted by atomic mass is 32.1. The van der Waals surface area contributed by atoms with E-state index in [-0.39, 0.29) is 23.6 Å². The first-order valence-electron chi connectivity index (χ1n) is 10.7. The lowest BCUT2D eigenvalue weighted by atomic mass is 9.80. The molecule has 11 heteroatoms. The molecule has 2 aromatic rings. The summed E-state index contributed by atoms with van der Waals surface area (Å²) >= 11 is 4.47. The van der Waals surface area contributed by atoms with E-state index in [1.807, 2.05) is 0 Å². The van der Waals surface area contributed by atoms with Crippen molar-refractivity contribution in [1.29, 1.82) is 0 Å². The summed E-state index contributed by atoms with van der Waals surface area (Å²) in [6.07, 6.45) is -1.88. The van der Waals surface area contributed by atoms with E-state index in [9.17, 15) is 30.7 Å². The van der Waals surface area contributed by atoms with Crippen molar-refractivity contribution in [2.24, 2.45) is 11.8 Å². The highest BCUT2D eigenvalue weighted by Gasteiger charge is 2.42. The molecule has 0 amide bonds. The molecule has 0 unspecified atom stereocenters. The fraction of sp³-hybridized carbons (Fsp3) is 0.478. The van der Waals surface area contributed by atoms with Gasteiger partial charge in [0.15, 0.2) is 23.7 Å². The molecule has 34 heavy (non-hydrogen) atoms. The Morgan fingerprint density at radius 2 is 1.29 bits per heavy atom. The van der Waals surface area contributed by atoms with E-state index < -0.39 is 52.8 Å². The van der Waals surface area contributed by atoms with Crippen molar-refractivity contribution in [1.82, 2.24) is 0 Å². The average Bonchev–Trinajstić information content (AvgIpc) is 2.77. The van der Waals surface area contributed by atoms with Crippen molar-refractivity contribution in [3.05, 3.63) is 64.5 Å². The summed E-state index contributed by atoms with van der Waals surface area (Å²) in [5, 5.41) is 0.377. The molecule has 1 saturated carbocycles. The van der Waals surface area contributed by atoms with Crippen molar-refractivity contribution < 1.29 is 44.9 Å². The minimum absolute atomic E-state index is 0.111. The third kappa shape index (κ3) is 5.31. The number of thiol groups is 1. The Bertz CT molecular complexity index is 989. The molecule has 0 spiro atoms. The van der Waals surface area contributed by atoms with Gasteiger partial charge in [-0.2, -0.15) is 21.4 Å². The molecule has 186 valence electrons. The standard InChI is InChI=1S/C23H21F7O3S/c24-16-5-12(22-31-9-13(10-32-22)11-1-3-15(34)4-2-11)6-17(25)20(16)23(29,30)33-14-7-18(26)21(28)19(27)8-14/h5-8,11,13,15,22,34H,1-4,9-10H2. The van der Waals surface area contributed by atoms with E-state index in [1.54, 1.807) is 0 Å². The third-order valence-corrected chi connectivity index (χ3v) is 6.68. The van der Waals surface area contributed by atoms with Crippen LogP contribution in [0.25, 0.3) is 0 Å². The number of hydrogen-bond acceptors (Lipinski definition) is 4. The molecule has 1 heterocycles. The van der Waals surface area contributed by atoms with Crippen LogP contribution in [0.2, 0.25) is 0 Å². The molecule has 0 N–H and O–H groups in total. The summed E-state index contributed by atoms with van der Waals surface area (Å²) < 4.78 is 113. The van der Waals surface area contributed by atoms with Crippen LogP contribution in [0.3, 0.4) is 0 Å². The second-order valence-corrected chi connectivity index (χ2v) is 9.24. The molecule has 2 aliphatic rings. The Morgan fingerprint density at radius 1 is 0.765 bits per heavy atom. The lowest BCUT2D eigenvalue weighted by Crippen LogP contribution is -2.34. The molecular formula is C23H21F7O3S. The normalized spacial score (nSPS) is 25.9. The first-order chi connectivity index (χ1) is 16.0. The van der Waals surface area contributed by atoms with Gasteiger partial charge in [0.05, 0.1) is 13.2 Å². The summed E-state index contributed by atoms with van der Waals surface area (Å²) in [5.74, 6) is -9.51. The highest BCUT2D eigenvalue weighted by molar-refractivity contribution is 7.80. The topological polar surface area (TPSA) is 27.7 Å². The third-order valence-electron chi connectivity index (χ3n) is 6.16. The van der Waals surface area contributed by atoms with Gasteiger partial charge in [-0.1, -0.05) is 0 Å². The van der Waals surface area contributed by atoms with Crippen LogP contribution in [0.4, 0.5) is 30.7 Å². The Kier molecular flexibility index (Phi) is 7.35. The maximum absolute atomic E-state index is 14.6. The van der Waals surface area contributed by atoms with E-state index >= 15 is 0 Å². The molecule has 0 aromatic heterocycles. The Hall–Kier alpha value is -1.98. The van der Waals surface area contributed by atoms with Crippen molar-refractivity contribution in [3.63, 3.8) is 0 Å². The summed E-state index contributed by atoms with van der Waals surface area (Å²) in [5.41, 5.74) is -1.93. The van der Waals surface area contributed by atoms with Crippen molar-refractivity contribution in [2.45, 2.75) is 43.3 Å². The largest absolute Gasteiger partial charge is 0.432 e. The minimum Gasteiger partial charge on any atom is -0.429 e. The van der Waals surface area contributed by atoms with E-state index in [2.05, 4.69) is 17.4 Å². The van der Waals surface area contributed by atoms with Crippen LogP contribution in [-0.2, 0) is 15.6 Å². The lowest BCUT2D eigenvalue weighted by Gasteiger charge is -2.37. The summed E-state index contributed by atoms with van der Waals surface area (Å²) in [6.45, 7) is 0.580. The first kappa shape index (κ1) is 25.1. The molecule has 0 atom stereocenters. The van der Waals surface area contributed by atoms with Crippen LogP contribution in [0.15, 0.2) is 24.3 Å². The molecule has 2 aromatic carbocycles. The van der Waals surface area contributed by atoms with Crippen molar-refractivity contribution >= 4 is 12.6 Å². The van der Waals surface area contributed by atoms with Crippen LogP contribution < -0.4 is 4.74 Å². The number of benzene rings is 2. The van der Waals surface area contributed by atoms with Crippen LogP contribution in [-0.4, -0.2) is 18.5 Å². The van der Waals surface area contributed by atoms with E-state index in [0.29, 0.717) is 36.5 Å². The molecule has 0 radical (unpaired) electrons. The maximum atomic E-state index is 14.6. The zero-order chi connectivity index (χ0) is 24.6. The molecule has 1 aliphatic carbocycles. The summed E-state index contributed by atoms with van der Waals surface area (Å²) in [4.78, 5) is 0. The van der Waals surface area contributed by atoms with Gasteiger partial charge in [0.1, 0.15) is 22.9 Å². The van der Waals surface area contributed by atoms with Gasteiger partial charge in [-0.05, 0) is 43.7 Å². The molecule has 4 rings (SSSR count). The zero-order valence-electron chi connectivity index (χ0n) is 17.7. The smallest absolute Gasteiger partial charge is 0.429 e. The highest BCUT2D eigenvalue weighted by Crippen LogP contribution is 2.39. The molecular weight excluding hydrogens is 489 g/mol. The van der Waals surface area contributed by atoms with Gasteiger partial charge >= 0.3 is 6.11 Å². The van der Waals surface area contributed by atoms with E-state index in [4.69, 9.17) is 9.47 Å². The van der Waals surface area contributed by atoms with Crippen LogP contribution in [0.5, 0.6) is 5.75 Å². The predicted octanol–water partition coefficient (Wildman–Crippen LogP) is 6.66. The van der Waals surface area contributed by atoms with E-state index in [1.165, 1.54) is 0 Å². The van der Waals surface area contributed by atoms with E-state index in [0.717, 1.165) is 25.7 Å². The fourth-order valence-electron chi connectivity index (χ4n) is 4.35. The van der Waals surface area contributed by atoms with Gasteiger partial charge in [0, 0.05) is 28.9 Å². The molecule has 2 fully saturated rings. The number of hydrogen-bond donors (Lipinski definition) is 1. The van der Waals surface area contributed by atoms with Crippen LogP contribution in [0, 0.1) is 40.9 Å². The summed E-state index contributed by atoms with van der Waals surface area (Å²) in [6, 6.07) is 1.52. The second-order valence-electron chi connectivity index (χ2n) is 8.51. The molecule has 1 saturated heterocycles. The van der Waals surface area contributed by atoms with Crippen molar-refractivity contribution in [3.8, 4) is 5.75 Å². The predicted molar refractivity (Wildman–Crippen MR) is 110 cm³/mol. The molecule has 0 bridgehead atoms. The van der Waals surface area contributed by atoms with Gasteiger partial charge < -0.3 is 14.2 Å². The number of halogens is 7. The number of rotatable bonds is 5. The molecule has 1 aliphatic heterocycles. The Labute approximate surface area is 196 Å². The lowest BCUT2D eigenvalue weighted by molar-refractivity contribution is -0.214. The van der Waals surface area contributed by atoms with Crippen LogP contribution >= 0.6 is 12.6 Å².